The molecule has 49 heavy (non-hydrogen) atoms. The number of aromatic nitrogens is 2. The molecule has 0 aliphatic carbocycles. The lowest BCUT2D eigenvalue weighted by Crippen LogP contribution is -2.31. The van der Waals surface area contributed by atoms with Gasteiger partial charge in [-0.1, -0.05) is 60.7 Å². The van der Waals surface area contributed by atoms with Gasteiger partial charge in [-0.05, 0) is 53.1 Å². The van der Waals surface area contributed by atoms with E-state index in [4.69, 9.17) is 9.47 Å². The SMILES string of the molecule is COc1ccc(-c2cccc(C(=O)N(C)C)c2)cc1S(=O)(=O)Cc1cccc(O[C@H]2CCN(C(=O)c3cnn(C)c3-c3ccccc3)C2)c1. The van der Waals surface area contributed by atoms with E-state index < -0.39 is 9.84 Å². The Kier molecular flexibility index (Phi) is 9.55. The number of likely N-dealkylation sites (tertiary alicyclic amines) is 1. The van der Waals surface area contributed by atoms with E-state index in [0.717, 1.165) is 11.3 Å². The normalized spacial score (nSPS) is 14.4. The van der Waals surface area contributed by atoms with E-state index in [1.807, 2.05) is 43.4 Å². The summed E-state index contributed by atoms with van der Waals surface area (Å²) in [5.41, 5.74) is 4.63. The number of aryl methyl sites for hydroxylation is 1. The standard InChI is InChI=1S/C38H38N4O6S/c1-40(2)37(43)30-14-9-13-28(21-30)29-16-17-34(47-4)35(22-29)49(45,46)25-26-10-8-15-31(20-26)48-32-18-19-42(24-32)38(44)33-23-39-41(3)36(33)27-11-6-5-7-12-27/h5-17,20-23,32H,18-19,24-25H2,1-4H3/t32-/m0/s1. The molecule has 1 aliphatic heterocycles. The molecule has 0 unspecified atom stereocenters. The number of methoxy groups -OCH3 is 1. The van der Waals surface area contributed by atoms with Crippen LogP contribution in [0.5, 0.6) is 11.5 Å². The highest BCUT2D eigenvalue weighted by Crippen LogP contribution is 2.33. The van der Waals surface area contributed by atoms with Crippen LogP contribution in [0, 0.1) is 0 Å². The van der Waals surface area contributed by atoms with Crippen molar-refractivity contribution in [3.05, 3.63) is 120 Å². The summed E-state index contributed by atoms with van der Waals surface area (Å²) in [6.07, 6.45) is 2.00. The van der Waals surface area contributed by atoms with Crippen molar-refractivity contribution < 1.29 is 27.5 Å². The molecule has 0 spiro atoms. The van der Waals surface area contributed by atoms with Crippen molar-refractivity contribution in [2.45, 2.75) is 23.2 Å². The summed E-state index contributed by atoms with van der Waals surface area (Å²) in [7, 11) is 2.76. The molecule has 0 N–H and O–H groups in total. The predicted molar refractivity (Wildman–Crippen MR) is 187 cm³/mol. The van der Waals surface area contributed by atoms with Gasteiger partial charge in [0, 0.05) is 45.2 Å². The van der Waals surface area contributed by atoms with Crippen LogP contribution in [0.2, 0.25) is 0 Å². The van der Waals surface area contributed by atoms with Gasteiger partial charge in [0.05, 0.1) is 36.9 Å². The van der Waals surface area contributed by atoms with E-state index in [0.29, 0.717) is 53.1 Å². The van der Waals surface area contributed by atoms with E-state index >= 15 is 0 Å². The number of carbonyl (C=O) groups excluding carboxylic acids is 2. The second kappa shape index (κ2) is 14.0. The molecular weight excluding hydrogens is 641 g/mol. The zero-order valence-electron chi connectivity index (χ0n) is 27.9. The maximum absolute atomic E-state index is 13.8. The summed E-state index contributed by atoms with van der Waals surface area (Å²) < 4.78 is 41.1. The Morgan fingerprint density at radius 2 is 1.63 bits per heavy atom. The van der Waals surface area contributed by atoms with Crippen LogP contribution in [0.15, 0.2) is 108 Å². The molecule has 0 radical (unpaired) electrons. The number of sulfone groups is 1. The first-order chi connectivity index (χ1) is 23.5. The first-order valence-electron chi connectivity index (χ1n) is 15.9. The monoisotopic (exact) mass is 678 g/mol. The van der Waals surface area contributed by atoms with Crippen molar-refractivity contribution in [3.8, 4) is 33.9 Å². The molecular formula is C38H38N4O6S. The van der Waals surface area contributed by atoms with Crippen LogP contribution in [-0.4, -0.2) is 80.2 Å². The zero-order chi connectivity index (χ0) is 34.7. The fraction of sp³-hybridized carbons (Fsp3) is 0.237. The zero-order valence-corrected chi connectivity index (χ0v) is 28.7. The Labute approximate surface area is 286 Å². The molecule has 1 fully saturated rings. The molecule has 0 saturated carbocycles. The van der Waals surface area contributed by atoms with E-state index in [-0.39, 0.29) is 34.3 Å². The lowest BCUT2D eigenvalue weighted by molar-refractivity contribution is 0.0772. The number of ether oxygens (including phenoxy) is 2. The minimum Gasteiger partial charge on any atom is -0.495 e. The number of rotatable bonds is 10. The van der Waals surface area contributed by atoms with Crippen LogP contribution >= 0.6 is 0 Å². The molecule has 0 bridgehead atoms. The molecule has 5 aromatic rings. The van der Waals surface area contributed by atoms with Crippen molar-refractivity contribution in [3.63, 3.8) is 0 Å². The van der Waals surface area contributed by atoms with Crippen LogP contribution in [0.1, 0.15) is 32.7 Å². The van der Waals surface area contributed by atoms with E-state index in [1.54, 1.807) is 90.5 Å². The Balaban J connectivity index is 1.16. The third-order valence-corrected chi connectivity index (χ3v) is 10.3. The number of hydrogen-bond donors (Lipinski definition) is 0. The molecule has 1 aliphatic rings. The average Bonchev–Trinajstić information content (AvgIpc) is 3.74. The third-order valence-electron chi connectivity index (χ3n) is 8.55. The maximum Gasteiger partial charge on any atom is 0.257 e. The highest BCUT2D eigenvalue weighted by Gasteiger charge is 2.31. The summed E-state index contributed by atoms with van der Waals surface area (Å²) in [5, 5.41) is 4.35. The smallest absolute Gasteiger partial charge is 0.257 e. The summed E-state index contributed by atoms with van der Waals surface area (Å²) in [6, 6.07) is 28.8. The minimum absolute atomic E-state index is 0.0541. The summed E-state index contributed by atoms with van der Waals surface area (Å²) in [5.74, 6) is 0.234. The van der Waals surface area contributed by atoms with Gasteiger partial charge in [0.25, 0.3) is 11.8 Å². The fourth-order valence-electron chi connectivity index (χ4n) is 6.10. The Bertz CT molecular complexity index is 2110. The summed E-state index contributed by atoms with van der Waals surface area (Å²) in [6.45, 7) is 0.929. The number of benzene rings is 4. The highest BCUT2D eigenvalue weighted by molar-refractivity contribution is 7.90. The van der Waals surface area contributed by atoms with Crippen LogP contribution in [-0.2, 0) is 22.6 Å². The predicted octanol–water partition coefficient (Wildman–Crippen LogP) is 5.73. The van der Waals surface area contributed by atoms with Crippen molar-refractivity contribution >= 4 is 21.7 Å². The number of nitrogens with zero attached hydrogens (tertiary/aromatic N) is 4. The second-order valence-electron chi connectivity index (χ2n) is 12.2. The van der Waals surface area contributed by atoms with Gasteiger partial charge in [0.1, 0.15) is 22.5 Å². The number of amides is 2. The summed E-state index contributed by atoms with van der Waals surface area (Å²) in [4.78, 5) is 29.4. The van der Waals surface area contributed by atoms with Gasteiger partial charge in [-0.3, -0.25) is 14.3 Å². The molecule has 1 atom stereocenters. The topological polar surface area (TPSA) is 111 Å². The largest absolute Gasteiger partial charge is 0.495 e. The molecule has 1 aromatic heterocycles. The second-order valence-corrected chi connectivity index (χ2v) is 14.2. The molecule has 11 heteroatoms. The lowest BCUT2D eigenvalue weighted by atomic mass is 10.0. The van der Waals surface area contributed by atoms with Gasteiger partial charge >= 0.3 is 0 Å². The molecule has 6 rings (SSSR count). The highest BCUT2D eigenvalue weighted by atomic mass is 32.2. The molecule has 2 amide bonds. The van der Waals surface area contributed by atoms with E-state index in [2.05, 4.69) is 5.10 Å². The molecule has 2 heterocycles. The van der Waals surface area contributed by atoms with Gasteiger partial charge in [0.2, 0.25) is 0 Å². The third kappa shape index (κ3) is 7.22. The minimum atomic E-state index is -3.86. The molecule has 4 aromatic carbocycles. The van der Waals surface area contributed by atoms with Crippen LogP contribution in [0.25, 0.3) is 22.4 Å². The van der Waals surface area contributed by atoms with Crippen molar-refractivity contribution in [1.82, 2.24) is 19.6 Å². The van der Waals surface area contributed by atoms with Crippen molar-refractivity contribution in [2.75, 3.05) is 34.3 Å². The van der Waals surface area contributed by atoms with Crippen molar-refractivity contribution in [2.24, 2.45) is 7.05 Å². The van der Waals surface area contributed by atoms with Gasteiger partial charge in [-0.2, -0.15) is 5.10 Å². The van der Waals surface area contributed by atoms with Gasteiger partial charge < -0.3 is 19.3 Å². The first kappa shape index (κ1) is 33.5. The average molecular weight is 679 g/mol. The van der Waals surface area contributed by atoms with Crippen LogP contribution < -0.4 is 9.47 Å². The van der Waals surface area contributed by atoms with Crippen LogP contribution in [0.3, 0.4) is 0 Å². The van der Waals surface area contributed by atoms with Gasteiger partial charge in [-0.25, -0.2) is 8.42 Å². The molecule has 10 nitrogen and oxygen atoms in total. The number of carbonyl (C=O) groups is 2. The lowest BCUT2D eigenvalue weighted by Gasteiger charge is -2.18. The first-order valence-corrected chi connectivity index (χ1v) is 17.5. The Morgan fingerprint density at radius 1 is 0.898 bits per heavy atom. The number of hydrogen-bond acceptors (Lipinski definition) is 7. The van der Waals surface area contributed by atoms with E-state index in [1.165, 1.54) is 12.0 Å². The van der Waals surface area contributed by atoms with E-state index in [9.17, 15) is 18.0 Å². The van der Waals surface area contributed by atoms with Crippen molar-refractivity contribution in [1.29, 1.82) is 0 Å². The van der Waals surface area contributed by atoms with Gasteiger partial charge in [-0.15, -0.1) is 0 Å². The Morgan fingerprint density at radius 3 is 2.39 bits per heavy atom. The quantitative estimate of drug-likeness (QED) is 0.186. The molecule has 252 valence electrons. The molecule has 1 saturated heterocycles. The van der Waals surface area contributed by atoms with Crippen LogP contribution in [0.4, 0.5) is 0 Å². The Hall–Kier alpha value is -5.42. The van der Waals surface area contributed by atoms with Gasteiger partial charge in [0.15, 0.2) is 9.84 Å². The maximum atomic E-state index is 13.8. The summed E-state index contributed by atoms with van der Waals surface area (Å²) >= 11 is 0. The fourth-order valence-corrected chi connectivity index (χ4v) is 7.64.